The first kappa shape index (κ1) is 12.7. The van der Waals surface area contributed by atoms with Gasteiger partial charge in [-0.25, -0.2) is 0 Å². The number of rotatable bonds is 4. The number of carbonyl (C=O) groups excluding carboxylic acids is 1. The Labute approximate surface area is 114 Å². The average Bonchev–Trinajstić information content (AvgIpc) is 3.18. The Bertz CT molecular complexity index is 445. The van der Waals surface area contributed by atoms with Gasteiger partial charge in [-0.05, 0) is 57.7 Å². The van der Waals surface area contributed by atoms with Crippen LogP contribution in [0.3, 0.4) is 0 Å². The largest absolute Gasteiger partial charge is 0.459 e. The van der Waals surface area contributed by atoms with E-state index in [0.717, 1.165) is 38.0 Å². The second kappa shape index (κ2) is 5.37. The van der Waals surface area contributed by atoms with Gasteiger partial charge in [-0.3, -0.25) is 4.79 Å². The standard InChI is InChI=1S/C15H22N2O2/c1-11-6-9-19-14(11)15(18)17(13-2-3-13)10-12-4-7-16-8-5-12/h6,9,12-13,16H,2-5,7-8,10H2,1H3. The summed E-state index contributed by atoms with van der Waals surface area (Å²) in [7, 11) is 0. The van der Waals surface area contributed by atoms with Crippen LogP contribution in [-0.2, 0) is 0 Å². The molecule has 1 aromatic rings. The second-order valence-corrected chi connectivity index (χ2v) is 5.81. The van der Waals surface area contributed by atoms with Crippen molar-refractivity contribution in [3.8, 4) is 0 Å². The molecule has 0 unspecified atom stereocenters. The zero-order chi connectivity index (χ0) is 13.2. The van der Waals surface area contributed by atoms with Crippen molar-refractivity contribution in [2.24, 2.45) is 5.92 Å². The molecule has 1 amide bonds. The lowest BCUT2D eigenvalue weighted by Crippen LogP contribution is -2.40. The average molecular weight is 262 g/mol. The summed E-state index contributed by atoms with van der Waals surface area (Å²) in [5.74, 6) is 1.26. The number of furan rings is 1. The van der Waals surface area contributed by atoms with Crippen molar-refractivity contribution in [1.82, 2.24) is 10.2 Å². The number of nitrogens with one attached hydrogen (secondary N) is 1. The van der Waals surface area contributed by atoms with E-state index >= 15 is 0 Å². The van der Waals surface area contributed by atoms with Crippen LogP contribution in [-0.4, -0.2) is 36.5 Å². The van der Waals surface area contributed by atoms with Crippen molar-refractivity contribution in [1.29, 1.82) is 0 Å². The van der Waals surface area contributed by atoms with Crippen molar-refractivity contribution >= 4 is 5.91 Å². The van der Waals surface area contributed by atoms with E-state index in [-0.39, 0.29) is 5.91 Å². The Morgan fingerprint density at radius 2 is 2.11 bits per heavy atom. The van der Waals surface area contributed by atoms with E-state index in [1.165, 1.54) is 12.8 Å². The maximum absolute atomic E-state index is 12.6. The lowest BCUT2D eigenvalue weighted by molar-refractivity contribution is 0.0668. The lowest BCUT2D eigenvalue weighted by atomic mass is 9.97. The molecular formula is C15H22N2O2. The Morgan fingerprint density at radius 1 is 1.37 bits per heavy atom. The summed E-state index contributed by atoms with van der Waals surface area (Å²) in [5.41, 5.74) is 0.945. The van der Waals surface area contributed by atoms with Crippen molar-refractivity contribution in [2.45, 2.75) is 38.6 Å². The third-order valence-electron chi connectivity index (χ3n) is 4.22. The zero-order valence-electron chi connectivity index (χ0n) is 11.5. The second-order valence-electron chi connectivity index (χ2n) is 5.81. The fourth-order valence-electron chi connectivity index (χ4n) is 2.85. The Kier molecular flexibility index (Phi) is 3.60. The molecule has 0 atom stereocenters. The number of carbonyl (C=O) groups is 1. The van der Waals surface area contributed by atoms with Crippen molar-refractivity contribution in [2.75, 3.05) is 19.6 Å². The van der Waals surface area contributed by atoms with E-state index in [2.05, 4.69) is 10.2 Å². The van der Waals surface area contributed by atoms with E-state index < -0.39 is 0 Å². The van der Waals surface area contributed by atoms with Crippen LogP contribution in [0.2, 0.25) is 0 Å². The Balaban J connectivity index is 1.70. The normalized spacial score (nSPS) is 20.5. The summed E-state index contributed by atoms with van der Waals surface area (Å²) in [6.07, 6.45) is 6.26. The minimum absolute atomic E-state index is 0.0866. The Hall–Kier alpha value is -1.29. The predicted molar refractivity (Wildman–Crippen MR) is 73.1 cm³/mol. The summed E-state index contributed by atoms with van der Waals surface area (Å²) < 4.78 is 5.37. The third kappa shape index (κ3) is 2.84. The molecule has 1 aromatic heterocycles. The van der Waals surface area contributed by atoms with Gasteiger partial charge in [0.2, 0.25) is 0 Å². The van der Waals surface area contributed by atoms with E-state index in [0.29, 0.717) is 17.7 Å². The monoisotopic (exact) mass is 262 g/mol. The molecule has 2 aliphatic rings. The van der Waals surface area contributed by atoms with Crippen LogP contribution >= 0.6 is 0 Å². The first-order chi connectivity index (χ1) is 9.25. The quantitative estimate of drug-likeness (QED) is 0.904. The summed E-state index contributed by atoms with van der Waals surface area (Å²) in [6, 6.07) is 2.31. The molecule has 2 fully saturated rings. The Morgan fingerprint density at radius 3 is 2.68 bits per heavy atom. The minimum atomic E-state index is 0.0866. The van der Waals surface area contributed by atoms with Gasteiger partial charge in [0.25, 0.3) is 5.91 Å². The molecule has 2 heterocycles. The van der Waals surface area contributed by atoms with Crippen LogP contribution in [0.15, 0.2) is 16.7 Å². The van der Waals surface area contributed by atoms with E-state index in [4.69, 9.17) is 4.42 Å². The topological polar surface area (TPSA) is 45.5 Å². The molecule has 4 nitrogen and oxygen atoms in total. The maximum Gasteiger partial charge on any atom is 0.290 e. The van der Waals surface area contributed by atoms with Gasteiger partial charge in [0.15, 0.2) is 5.76 Å². The van der Waals surface area contributed by atoms with E-state index in [1.54, 1.807) is 6.26 Å². The third-order valence-corrected chi connectivity index (χ3v) is 4.22. The first-order valence-corrected chi connectivity index (χ1v) is 7.31. The molecule has 3 rings (SSSR count). The molecule has 0 bridgehead atoms. The van der Waals surface area contributed by atoms with Crippen LogP contribution in [0.1, 0.15) is 41.8 Å². The molecule has 1 saturated carbocycles. The molecule has 0 spiro atoms. The number of amides is 1. The van der Waals surface area contributed by atoms with E-state index in [1.807, 2.05) is 13.0 Å². The summed E-state index contributed by atoms with van der Waals surface area (Å²) in [6.45, 7) is 4.99. The number of nitrogens with zero attached hydrogens (tertiary/aromatic N) is 1. The van der Waals surface area contributed by atoms with Crippen molar-refractivity contribution < 1.29 is 9.21 Å². The molecular weight excluding hydrogens is 240 g/mol. The van der Waals surface area contributed by atoms with Gasteiger partial charge in [0.05, 0.1) is 6.26 Å². The van der Waals surface area contributed by atoms with Gasteiger partial charge in [0, 0.05) is 18.2 Å². The fourth-order valence-corrected chi connectivity index (χ4v) is 2.85. The van der Waals surface area contributed by atoms with Crippen molar-refractivity contribution in [3.05, 3.63) is 23.7 Å². The van der Waals surface area contributed by atoms with Gasteiger partial charge < -0.3 is 14.6 Å². The smallest absolute Gasteiger partial charge is 0.290 e. The highest BCUT2D eigenvalue weighted by Gasteiger charge is 2.36. The van der Waals surface area contributed by atoms with Gasteiger partial charge >= 0.3 is 0 Å². The molecule has 1 saturated heterocycles. The lowest BCUT2D eigenvalue weighted by Gasteiger charge is -2.30. The fraction of sp³-hybridized carbons (Fsp3) is 0.667. The van der Waals surface area contributed by atoms with Crippen LogP contribution in [0.4, 0.5) is 0 Å². The summed E-state index contributed by atoms with van der Waals surface area (Å²) in [4.78, 5) is 14.7. The SMILES string of the molecule is Cc1ccoc1C(=O)N(CC1CCNCC1)C1CC1. The molecule has 0 aromatic carbocycles. The molecule has 0 radical (unpaired) electrons. The van der Waals surface area contributed by atoms with Gasteiger partial charge in [0.1, 0.15) is 0 Å². The van der Waals surface area contributed by atoms with Crippen LogP contribution in [0, 0.1) is 12.8 Å². The maximum atomic E-state index is 12.6. The predicted octanol–water partition coefficient (Wildman–Crippen LogP) is 2.19. The van der Waals surface area contributed by atoms with Crippen LogP contribution in [0.5, 0.6) is 0 Å². The first-order valence-electron chi connectivity index (χ1n) is 7.31. The van der Waals surface area contributed by atoms with Crippen LogP contribution < -0.4 is 5.32 Å². The molecule has 19 heavy (non-hydrogen) atoms. The molecule has 104 valence electrons. The highest BCUT2D eigenvalue weighted by molar-refractivity contribution is 5.93. The molecule has 1 aliphatic heterocycles. The number of aryl methyl sites for hydroxylation is 1. The van der Waals surface area contributed by atoms with Gasteiger partial charge in [-0.15, -0.1) is 0 Å². The van der Waals surface area contributed by atoms with Crippen molar-refractivity contribution in [3.63, 3.8) is 0 Å². The van der Waals surface area contributed by atoms with E-state index in [9.17, 15) is 4.79 Å². The summed E-state index contributed by atoms with van der Waals surface area (Å²) >= 11 is 0. The summed E-state index contributed by atoms with van der Waals surface area (Å²) in [5, 5.41) is 3.38. The molecule has 1 N–H and O–H groups in total. The number of piperidine rings is 1. The highest BCUT2D eigenvalue weighted by Crippen LogP contribution is 2.31. The number of hydrogen-bond donors (Lipinski definition) is 1. The van der Waals surface area contributed by atoms with Gasteiger partial charge in [-0.2, -0.15) is 0 Å². The zero-order valence-corrected chi connectivity index (χ0v) is 11.5. The highest BCUT2D eigenvalue weighted by atomic mass is 16.3. The molecule has 4 heteroatoms. The molecule has 1 aliphatic carbocycles. The van der Waals surface area contributed by atoms with Crippen LogP contribution in [0.25, 0.3) is 0 Å². The number of hydrogen-bond acceptors (Lipinski definition) is 3. The van der Waals surface area contributed by atoms with Gasteiger partial charge in [-0.1, -0.05) is 0 Å². The minimum Gasteiger partial charge on any atom is -0.459 e.